The Hall–Kier alpha value is -2.75. The van der Waals surface area contributed by atoms with E-state index in [1.54, 1.807) is 26.0 Å². The number of sulfone groups is 1. The Labute approximate surface area is 192 Å². The van der Waals surface area contributed by atoms with Crippen LogP contribution in [0.15, 0.2) is 41.4 Å². The van der Waals surface area contributed by atoms with Crippen LogP contribution in [0.2, 0.25) is 0 Å². The zero-order chi connectivity index (χ0) is 24.0. The van der Waals surface area contributed by atoms with E-state index in [9.17, 15) is 22.0 Å². The first-order chi connectivity index (χ1) is 15.4. The molecule has 2 bridgehead atoms. The van der Waals surface area contributed by atoms with Crippen molar-refractivity contribution in [2.75, 3.05) is 11.2 Å². The van der Waals surface area contributed by atoms with Gasteiger partial charge >= 0.3 is 0 Å². The molecule has 1 unspecified atom stereocenters. The van der Waals surface area contributed by atoms with E-state index in [0.29, 0.717) is 18.9 Å². The molecule has 1 aromatic carbocycles. The normalized spacial score (nSPS) is 22.8. The summed E-state index contributed by atoms with van der Waals surface area (Å²) in [5, 5.41) is 3.03. The lowest BCUT2D eigenvalue weighted by molar-refractivity contribution is -0.135. The smallest absolute Gasteiger partial charge is 0.263 e. The summed E-state index contributed by atoms with van der Waals surface area (Å²) >= 11 is 0. The van der Waals surface area contributed by atoms with Gasteiger partial charge in [-0.25, -0.2) is 22.2 Å². The van der Waals surface area contributed by atoms with E-state index in [1.807, 2.05) is 0 Å². The number of ether oxygens (including phenoxy) is 1. The van der Waals surface area contributed by atoms with Gasteiger partial charge in [-0.2, -0.15) is 0 Å². The number of carbonyl (C=O) groups excluding carboxylic acids is 1. The van der Waals surface area contributed by atoms with Crippen LogP contribution in [0.4, 0.5) is 14.6 Å². The van der Waals surface area contributed by atoms with E-state index in [4.69, 9.17) is 4.74 Å². The molecule has 0 radical (unpaired) electrons. The molecular formula is C23H27F2N3O4S. The molecule has 0 saturated carbocycles. The van der Waals surface area contributed by atoms with Crippen LogP contribution in [0.25, 0.3) is 0 Å². The zero-order valence-corrected chi connectivity index (χ0v) is 19.5. The van der Waals surface area contributed by atoms with Gasteiger partial charge in [0.2, 0.25) is 0 Å². The Bertz CT molecular complexity index is 1140. The number of carbonyl (C=O) groups is 1. The maximum Gasteiger partial charge on any atom is 0.263 e. The summed E-state index contributed by atoms with van der Waals surface area (Å²) in [4.78, 5) is 19.7. The summed E-state index contributed by atoms with van der Waals surface area (Å²) in [6, 6.07) is 6.52. The topological polar surface area (TPSA) is 88.6 Å². The van der Waals surface area contributed by atoms with Gasteiger partial charge in [-0.15, -0.1) is 0 Å². The highest BCUT2D eigenvalue weighted by Gasteiger charge is 2.43. The van der Waals surface area contributed by atoms with Crippen molar-refractivity contribution in [2.45, 2.75) is 68.2 Å². The maximum absolute atomic E-state index is 14.0. The number of nitrogens with one attached hydrogen (secondary N) is 1. The van der Waals surface area contributed by atoms with E-state index >= 15 is 0 Å². The van der Waals surface area contributed by atoms with Crippen LogP contribution in [0, 0.1) is 11.6 Å². The minimum absolute atomic E-state index is 0.0810. The average Bonchev–Trinajstić information content (AvgIpc) is 3.00. The highest BCUT2D eigenvalue weighted by Crippen LogP contribution is 2.39. The third-order valence-corrected chi connectivity index (χ3v) is 7.39. The molecule has 2 fully saturated rings. The number of nitrogens with zero attached hydrogens (tertiary/aromatic N) is 2. The summed E-state index contributed by atoms with van der Waals surface area (Å²) in [7, 11) is -3.31. The molecule has 2 aromatic rings. The lowest BCUT2D eigenvalue weighted by Gasteiger charge is -2.40. The maximum atomic E-state index is 14.0. The fourth-order valence-electron chi connectivity index (χ4n) is 4.65. The molecule has 4 rings (SSSR count). The summed E-state index contributed by atoms with van der Waals surface area (Å²) in [5.74, 6) is -1.41. The first-order valence-corrected chi connectivity index (χ1v) is 12.7. The lowest BCUT2D eigenvalue weighted by atomic mass is 9.96. The first-order valence-electron chi connectivity index (χ1n) is 10.8. The van der Waals surface area contributed by atoms with E-state index in [1.165, 1.54) is 12.3 Å². The van der Waals surface area contributed by atoms with Crippen molar-refractivity contribution in [3.05, 3.63) is 48.2 Å². The largest absolute Gasteiger partial charge is 0.475 e. The standard InChI is InChI=1S/C23H27F2N3O4S/c1-23(2,32-20-8-4-14(24)10-19(20)25)22(29)27-15-11-16-5-6-17(12-15)28(16)21-9-7-18(13-26-21)33(3,30)31/h4,7-10,13,15-17H,5-6,11-12H2,1-3H3,(H,27,29)/t15?,16-,17+. The average molecular weight is 480 g/mol. The molecule has 0 aliphatic carbocycles. The zero-order valence-electron chi connectivity index (χ0n) is 18.7. The van der Waals surface area contributed by atoms with Crippen LogP contribution < -0.4 is 15.0 Å². The van der Waals surface area contributed by atoms with Gasteiger partial charge in [0.15, 0.2) is 27.0 Å². The van der Waals surface area contributed by atoms with E-state index in [-0.39, 0.29) is 34.7 Å². The van der Waals surface area contributed by atoms with Crippen LogP contribution >= 0.6 is 0 Å². The molecule has 10 heteroatoms. The van der Waals surface area contributed by atoms with Crippen LogP contribution in [-0.4, -0.2) is 49.3 Å². The quantitative estimate of drug-likeness (QED) is 0.685. The lowest BCUT2D eigenvalue weighted by Crippen LogP contribution is -2.55. The second-order valence-corrected chi connectivity index (χ2v) is 11.3. The van der Waals surface area contributed by atoms with Crippen molar-refractivity contribution < 1.29 is 26.7 Å². The molecule has 2 aliphatic rings. The highest BCUT2D eigenvalue weighted by molar-refractivity contribution is 7.90. The predicted octanol–water partition coefficient (Wildman–Crippen LogP) is 3.24. The monoisotopic (exact) mass is 479 g/mol. The van der Waals surface area contributed by atoms with Gasteiger partial charge in [-0.1, -0.05) is 0 Å². The van der Waals surface area contributed by atoms with Gasteiger partial charge in [0.1, 0.15) is 11.6 Å². The molecule has 1 aromatic heterocycles. The first kappa shape index (κ1) is 23.4. The Morgan fingerprint density at radius 3 is 2.36 bits per heavy atom. The van der Waals surface area contributed by atoms with Crippen molar-refractivity contribution in [2.24, 2.45) is 0 Å². The number of hydrogen-bond acceptors (Lipinski definition) is 6. The summed E-state index contributed by atoms with van der Waals surface area (Å²) in [6.07, 6.45) is 5.85. The molecule has 7 nitrogen and oxygen atoms in total. The highest BCUT2D eigenvalue weighted by atomic mass is 32.2. The summed E-state index contributed by atoms with van der Waals surface area (Å²) < 4.78 is 56.1. The second-order valence-electron chi connectivity index (χ2n) is 9.25. The van der Waals surface area contributed by atoms with Crippen molar-refractivity contribution in [1.29, 1.82) is 0 Å². The molecule has 3 atom stereocenters. The van der Waals surface area contributed by atoms with Crippen LogP contribution in [0.3, 0.4) is 0 Å². The van der Waals surface area contributed by atoms with Crippen molar-refractivity contribution >= 4 is 21.6 Å². The number of piperidine rings is 1. The molecular weight excluding hydrogens is 452 g/mol. The number of hydrogen-bond donors (Lipinski definition) is 1. The van der Waals surface area contributed by atoms with E-state index in [0.717, 1.165) is 31.0 Å². The number of rotatable bonds is 6. The van der Waals surface area contributed by atoms with Gasteiger partial charge in [-0.05, 0) is 63.8 Å². The Morgan fingerprint density at radius 2 is 1.82 bits per heavy atom. The van der Waals surface area contributed by atoms with Crippen molar-refractivity contribution in [3.63, 3.8) is 0 Å². The van der Waals surface area contributed by atoms with Gasteiger partial charge in [0, 0.05) is 36.6 Å². The number of pyridine rings is 1. The molecule has 178 valence electrons. The molecule has 33 heavy (non-hydrogen) atoms. The third-order valence-electron chi connectivity index (χ3n) is 6.29. The van der Waals surface area contributed by atoms with E-state index < -0.39 is 27.1 Å². The van der Waals surface area contributed by atoms with Crippen molar-refractivity contribution in [3.8, 4) is 5.75 Å². The minimum atomic E-state index is -3.31. The van der Waals surface area contributed by atoms with Gasteiger partial charge < -0.3 is 15.0 Å². The van der Waals surface area contributed by atoms with E-state index in [2.05, 4.69) is 15.2 Å². The van der Waals surface area contributed by atoms with Crippen molar-refractivity contribution in [1.82, 2.24) is 10.3 Å². The Balaban J connectivity index is 1.41. The predicted molar refractivity (Wildman–Crippen MR) is 119 cm³/mol. The van der Waals surface area contributed by atoms with Crippen LogP contribution in [0.5, 0.6) is 5.75 Å². The summed E-state index contributed by atoms with van der Waals surface area (Å²) in [5.41, 5.74) is -1.35. The third kappa shape index (κ3) is 4.95. The summed E-state index contributed by atoms with van der Waals surface area (Å²) in [6.45, 7) is 3.09. The Kier molecular flexibility index (Phi) is 6.07. The second kappa shape index (κ2) is 8.55. The van der Waals surface area contributed by atoms with Gasteiger partial charge in [0.05, 0.1) is 4.90 Å². The minimum Gasteiger partial charge on any atom is -0.475 e. The van der Waals surface area contributed by atoms with Crippen LogP contribution in [-0.2, 0) is 14.6 Å². The molecule has 3 heterocycles. The Morgan fingerprint density at radius 1 is 1.15 bits per heavy atom. The van der Waals surface area contributed by atoms with Crippen LogP contribution in [0.1, 0.15) is 39.5 Å². The fraction of sp³-hybridized carbons (Fsp3) is 0.478. The fourth-order valence-corrected chi connectivity index (χ4v) is 5.21. The SMILES string of the molecule is CC(C)(Oc1ccc(F)cc1F)C(=O)NC1C[C@H]2CC[C@@H](C1)N2c1ccc(S(C)(=O)=O)cn1. The number of fused-ring (bicyclic) bond motifs is 2. The molecule has 0 spiro atoms. The molecule has 1 N–H and O–H groups in total. The number of halogens is 2. The molecule has 2 aliphatic heterocycles. The number of aromatic nitrogens is 1. The van der Waals surface area contributed by atoms with Gasteiger partial charge in [-0.3, -0.25) is 4.79 Å². The molecule has 2 saturated heterocycles. The molecule has 1 amide bonds. The number of benzene rings is 1. The number of anilines is 1. The number of amides is 1. The van der Waals surface area contributed by atoms with Gasteiger partial charge in [0.25, 0.3) is 5.91 Å².